The zero-order valence-electron chi connectivity index (χ0n) is 16.7. The molecule has 156 valence electrons. The first-order chi connectivity index (χ1) is 14.0. The largest absolute Gasteiger partial charge is 0.466 e. The summed E-state index contributed by atoms with van der Waals surface area (Å²) in [6.45, 7) is 3.81. The van der Waals surface area contributed by atoms with Crippen molar-refractivity contribution in [1.29, 1.82) is 0 Å². The second-order valence-electron chi connectivity index (χ2n) is 7.49. The van der Waals surface area contributed by atoms with E-state index in [0.29, 0.717) is 56.9 Å². The monoisotopic (exact) mass is 418 g/mol. The van der Waals surface area contributed by atoms with Gasteiger partial charge in [0.1, 0.15) is 12.7 Å². The average molecular weight is 419 g/mol. The number of nitrogens with zero attached hydrogens (tertiary/aromatic N) is 4. The van der Waals surface area contributed by atoms with Crippen LogP contribution in [0.1, 0.15) is 38.2 Å². The van der Waals surface area contributed by atoms with E-state index >= 15 is 0 Å². The van der Waals surface area contributed by atoms with Crippen molar-refractivity contribution < 1.29 is 14.3 Å². The predicted octanol–water partition coefficient (Wildman–Crippen LogP) is 3.13. The molecular formula is C21H27ClN4O3. The van der Waals surface area contributed by atoms with Crippen LogP contribution in [0.25, 0.3) is 0 Å². The number of carbonyl (C=O) groups is 2. The van der Waals surface area contributed by atoms with Crippen LogP contribution in [0.5, 0.6) is 0 Å². The second-order valence-corrected chi connectivity index (χ2v) is 7.92. The number of aryl methyl sites for hydroxylation is 1. The first-order valence-electron chi connectivity index (χ1n) is 10.0. The summed E-state index contributed by atoms with van der Waals surface area (Å²) >= 11 is 6.14. The van der Waals surface area contributed by atoms with Crippen LogP contribution in [-0.4, -0.2) is 51.2 Å². The van der Waals surface area contributed by atoms with Crippen molar-refractivity contribution in [1.82, 2.24) is 19.7 Å². The van der Waals surface area contributed by atoms with Crippen molar-refractivity contribution in [3.63, 3.8) is 0 Å². The fourth-order valence-corrected chi connectivity index (χ4v) is 4.16. The number of piperidine rings is 1. The lowest BCUT2D eigenvalue weighted by molar-refractivity contribution is -0.160. The number of aromatic nitrogens is 3. The third kappa shape index (κ3) is 5.56. The van der Waals surface area contributed by atoms with Crippen LogP contribution in [0.4, 0.5) is 0 Å². The van der Waals surface area contributed by atoms with Gasteiger partial charge in [-0.05, 0) is 50.3 Å². The molecular weight excluding hydrogens is 392 g/mol. The molecule has 8 heteroatoms. The Bertz CT molecular complexity index is 827. The molecule has 1 aromatic heterocycles. The van der Waals surface area contributed by atoms with Crippen LogP contribution in [0, 0.1) is 5.41 Å². The molecule has 0 radical (unpaired) electrons. The molecule has 0 N–H and O–H groups in total. The second kappa shape index (κ2) is 9.87. The van der Waals surface area contributed by atoms with Gasteiger partial charge in [-0.1, -0.05) is 23.7 Å². The van der Waals surface area contributed by atoms with Crippen LogP contribution in [0.3, 0.4) is 0 Å². The molecule has 0 spiro atoms. The molecule has 1 saturated heterocycles. The molecule has 1 amide bonds. The molecule has 2 heterocycles. The first kappa shape index (κ1) is 21.3. The van der Waals surface area contributed by atoms with Gasteiger partial charge in [-0.15, -0.1) is 0 Å². The SMILES string of the molecule is CCOC(=O)[C@]1(Cc2cccc(Cl)c2)CCCN(C(=O)CCCn2cncn2)C1. The van der Waals surface area contributed by atoms with E-state index in [0.717, 1.165) is 12.0 Å². The number of likely N-dealkylation sites (tertiary alicyclic amines) is 1. The lowest BCUT2D eigenvalue weighted by atomic mass is 9.75. The lowest BCUT2D eigenvalue weighted by Crippen LogP contribution is -2.51. The van der Waals surface area contributed by atoms with E-state index in [9.17, 15) is 9.59 Å². The van der Waals surface area contributed by atoms with Crippen molar-refractivity contribution in [3.05, 3.63) is 47.5 Å². The highest BCUT2D eigenvalue weighted by Crippen LogP contribution is 2.36. The highest BCUT2D eigenvalue weighted by atomic mass is 35.5. The number of benzene rings is 1. The van der Waals surface area contributed by atoms with Gasteiger partial charge in [-0.25, -0.2) is 4.98 Å². The molecule has 3 rings (SSSR count). The third-order valence-electron chi connectivity index (χ3n) is 5.31. The molecule has 1 aliphatic rings. The lowest BCUT2D eigenvalue weighted by Gasteiger charge is -2.41. The van der Waals surface area contributed by atoms with Gasteiger partial charge in [0, 0.05) is 31.1 Å². The summed E-state index contributed by atoms with van der Waals surface area (Å²) in [7, 11) is 0. The molecule has 0 bridgehead atoms. The molecule has 1 atom stereocenters. The van der Waals surface area contributed by atoms with Crippen molar-refractivity contribution in [2.75, 3.05) is 19.7 Å². The molecule has 7 nitrogen and oxygen atoms in total. The number of amides is 1. The van der Waals surface area contributed by atoms with E-state index in [4.69, 9.17) is 16.3 Å². The zero-order chi connectivity index (χ0) is 20.7. The Morgan fingerprint density at radius 1 is 1.34 bits per heavy atom. The van der Waals surface area contributed by atoms with E-state index in [-0.39, 0.29) is 11.9 Å². The van der Waals surface area contributed by atoms with Gasteiger partial charge in [0.05, 0.1) is 12.0 Å². The quantitative estimate of drug-likeness (QED) is 0.615. The summed E-state index contributed by atoms with van der Waals surface area (Å²) in [4.78, 5) is 31.5. The Kier molecular flexibility index (Phi) is 7.25. The smallest absolute Gasteiger partial charge is 0.314 e. The van der Waals surface area contributed by atoms with E-state index < -0.39 is 5.41 Å². The average Bonchev–Trinajstić information content (AvgIpc) is 3.22. The normalized spacial score (nSPS) is 19.2. The highest BCUT2D eigenvalue weighted by Gasteiger charge is 2.44. The first-order valence-corrected chi connectivity index (χ1v) is 10.4. The Labute approximate surface area is 176 Å². The highest BCUT2D eigenvalue weighted by molar-refractivity contribution is 6.30. The fraction of sp³-hybridized carbons (Fsp3) is 0.524. The summed E-state index contributed by atoms with van der Waals surface area (Å²) < 4.78 is 7.13. The molecule has 0 saturated carbocycles. The third-order valence-corrected chi connectivity index (χ3v) is 5.55. The van der Waals surface area contributed by atoms with Crippen molar-refractivity contribution in [2.45, 2.75) is 45.6 Å². The van der Waals surface area contributed by atoms with Gasteiger partial charge in [0.2, 0.25) is 5.91 Å². The summed E-state index contributed by atoms with van der Waals surface area (Å²) in [5.74, 6) is -0.176. The minimum absolute atomic E-state index is 0.0598. The Balaban J connectivity index is 1.68. The van der Waals surface area contributed by atoms with E-state index in [2.05, 4.69) is 10.1 Å². The molecule has 0 aliphatic carbocycles. The molecule has 1 aromatic carbocycles. The van der Waals surface area contributed by atoms with Crippen LogP contribution in [0.15, 0.2) is 36.9 Å². The zero-order valence-corrected chi connectivity index (χ0v) is 17.5. The van der Waals surface area contributed by atoms with Gasteiger partial charge in [0.25, 0.3) is 0 Å². The fourth-order valence-electron chi connectivity index (χ4n) is 3.95. The topological polar surface area (TPSA) is 77.3 Å². The number of carbonyl (C=O) groups excluding carboxylic acids is 2. The van der Waals surface area contributed by atoms with Crippen LogP contribution in [0.2, 0.25) is 5.02 Å². The summed E-state index contributed by atoms with van der Waals surface area (Å²) in [6, 6.07) is 7.54. The van der Waals surface area contributed by atoms with Gasteiger partial charge in [-0.2, -0.15) is 5.10 Å². The van der Waals surface area contributed by atoms with Gasteiger partial charge >= 0.3 is 5.97 Å². The number of ether oxygens (including phenoxy) is 1. The number of esters is 1. The van der Waals surface area contributed by atoms with Gasteiger partial charge in [0.15, 0.2) is 0 Å². The maximum absolute atomic E-state index is 12.9. The Hall–Kier alpha value is -2.41. The van der Waals surface area contributed by atoms with Gasteiger partial charge in [-0.3, -0.25) is 14.3 Å². The van der Waals surface area contributed by atoms with E-state index in [1.54, 1.807) is 17.9 Å². The number of hydrogen-bond acceptors (Lipinski definition) is 5. The minimum atomic E-state index is -0.736. The number of hydrogen-bond donors (Lipinski definition) is 0. The van der Waals surface area contributed by atoms with E-state index in [1.807, 2.05) is 29.2 Å². The summed E-state index contributed by atoms with van der Waals surface area (Å²) in [6.07, 6.45) is 6.19. The van der Waals surface area contributed by atoms with Crippen LogP contribution in [-0.2, 0) is 27.3 Å². The van der Waals surface area contributed by atoms with Gasteiger partial charge < -0.3 is 9.64 Å². The molecule has 29 heavy (non-hydrogen) atoms. The Morgan fingerprint density at radius 2 is 2.21 bits per heavy atom. The maximum Gasteiger partial charge on any atom is 0.314 e. The van der Waals surface area contributed by atoms with Crippen LogP contribution >= 0.6 is 11.6 Å². The number of rotatable bonds is 8. The van der Waals surface area contributed by atoms with E-state index in [1.165, 1.54) is 6.33 Å². The molecule has 0 unspecified atom stereocenters. The van der Waals surface area contributed by atoms with Crippen molar-refractivity contribution >= 4 is 23.5 Å². The molecule has 1 aliphatic heterocycles. The number of halogens is 1. The summed E-state index contributed by atoms with van der Waals surface area (Å²) in [5.41, 5.74) is 0.242. The Morgan fingerprint density at radius 3 is 2.93 bits per heavy atom. The minimum Gasteiger partial charge on any atom is -0.466 e. The van der Waals surface area contributed by atoms with Crippen molar-refractivity contribution in [3.8, 4) is 0 Å². The van der Waals surface area contributed by atoms with Crippen molar-refractivity contribution in [2.24, 2.45) is 5.41 Å². The maximum atomic E-state index is 12.9. The predicted molar refractivity (Wildman–Crippen MR) is 109 cm³/mol. The molecule has 2 aromatic rings. The molecule has 1 fully saturated rings. The van der Waals surface area contributed by atoms with Crippen LogP contribution < -0.4 is 0 Å². The summed E-state index contributed by atoms with van der Waals surface area (Å²) in [5, 5.41) is 4.69. The standard InChI is InChI=1S/C21H27ClN4O3/c1-2-29-20(28)21(13-17-6-3-7-18(22)12-17)9-5-10-25(14-21)19(27)8-4-11-26-16-23-15-24-26/h3,6-7,12,15-16H,2,4-5,8-11,13-14H2,1H3/t21-/m0/s1.